The summed E-state index contributed by atoms with van der Waals surface area (Å²) in [6.07, 6.45) is 0. The van der Waals surface area contributed by atoms with Crippen LogP contribution < -0.4 is 5.32 Å². The summed E-state index contributed by atoms with van der Waals surface area (Å²) in [5.74, 6) is 2.75. The number of nitrogens with one attached hydrogen (secondary N) is 1. The molecule has 20 heavy (non-hydrogen) atoms. The summed E-state index contributed by atoms with van der Waals surface area (Å²) in [6.45, 7) is 4.96. The molecule has 3 nitrogen and oxygen atoms in total. The Kier molecular flexibility index (Phi) is 5.61. The summed E-state index contributed by atoms with van der Waals surface area (Å²) in [4.78, 5) is 0. The van der Waals surface area contributed by atoms with Crippen LogP contribution in [0.4, 0.5) is 4.39 Å². The summed E-state index contributed by atoms with van der Waals surface area (Å²) < 4.78 is 18.2. The van der Waals surface area contributed by atoms with E-state index in [1.165, 1.54) is 12.1 Å². The summed E-state index contributed by atoms with van der Waals surface area (Å²) in [5, 5.41) is 7.41. The van der Waals surface area contributed by atoms with Gasteiger partial charge < -0.3 is 9.84 Å². The van der Waals surface area contributed by atoms with Crippen molar-refractivity contribution in [3.05, 3.63) is 41.9 Å². The van der Waals surface area contributed by atoms with E-state index in [0.29, 0.717) is 12.6 Å². The lowest BCUT2D eigenvalue weighted by Crippen LogP contribution is -2.27. The molecule has 1 N–H and O–H groups in total. The Balaban J connectivity index is 1.90. The Morgan fingerprint density at radius 1 is 1.35 bits per heavy atom. The normalized spacial score (nSPS) is 12.6. The molecule has 0 unspecified atom stereocenters. The number of rotatable bonds is 7. The van der Waals surface area contributed by atoms with Crippen molar-refractivity contribution >= 4 is 11.8 Å². The molecule has 0 aliphatic rings. The molecule has 0 saturated carbocycles. The zero-order valence-electron chi connectivity index (χ0n) is 11.7. The predicted octanol–water partition coefficient (Wildman–Crippen LogP) is 3.71. The highest BCUT2D eigenvalue weighted by Gasteiger charge is 2.08. The van der Waals surface area contributed by atoms with Gasteiger partial charge in [0.2, 0.25) is 0 Å². The van der Waals surface area contributed by atoms with E-state index in [1.54, 1.807) is 12.1 Å². The second kappa shape index (κ2) is 7.45. The van der Waals surface area contributed by atoms with Crippen LogP contribution in [0.3, 0.4) is 0 Å². The molecule has 0 saturated heterocycles. The van der Waals surface area contributed by atoms with E-state index in [-0.39, 0.29) is 5.82 Å². The average Bonchev–Trinajstić information content (AvgIpc) is 2.92. The number of hydrogen-bond acceptors (Lipinski definition) is 4. The maximum atomic E-state index is 12.9. The van der Waals surface area contributed by atoms with Gasteiger partial charge in [-0.15, -0.1) is 0 Å². The monoisotopic (exact) mass is 294 g/mol. The van der Waals surface area contributed by atoms with Gasteiger partial charge in [-0.1, -0.05) is 12.1 Å². The summed E-state index contributed by atoms with van der Waals surface area (Å²) >= 11 is 1.91. The maximum absolute atomic E-state index is 12.9. The van der Waals surface area contributed by atoms with E-state index in [2.05, 4.69) is 24.3 Å². The number of benzene rings is 1. The fourth-order valence-corrected chi connectivity index (χ4v) is 2.49. The molecule has 0 aliphatic heterocycles. The molecule has 0 aliphatic carbocycles. The van der Waals surface area contributed by atoms with E-state index >= 15 is 0 Å². The van der Waals surface area contributed by atoms with Crippen LogP contribution in [-0.4, -0.2) is 22.7 Å². The summed E-state index contributed by atoms with van der Waals surface area (Å²) in [7, 11) is 0. The lowest BCUT2D eigenvalue weighted by atomic mass is 10.1. The largest absolute Gasteiger partial charge is 0.359 e. The molecule has 1 atom stereocenters. The third-order valence-electron chi connectivity index (χ3n) is 2.90. The predicted molar refractivity (Wildman–Crippen MR) is 81.2 cm³/mol. The van der Waals surface area contributed by atoms with Crippen LogP contribution >= 0.6 is 11.8 Å². The number of halogens is 1. The van der Waals surface area contributed by atoms with Gasteiger partial charge in [0.1, 0.15) is 11.5 Å². The summed E-state index contributed by atoms with van der Waals surface area (Å²) in [6, 6.07) is 8.56. The van der Waals surface area contributed by atoms with E-state index in [1.807, 2.05) is 17.8 Å². The van der Waals surface area contributed by atoms with Crippen molar-refractivity contribution in [2.45, 2.75) is 26.4 Å². The quantitative estimate of drug-likeness (QED) is 0.845. The standard InChI is InChI=1S/C15H19FN2OS/c1-3-20-10-11(2)17-9-14-8-15(18-19-14)12-4-6-13(16)7-5-12/h4-8,11,17H,3,9-10H2,1-2H3/t11-/m0/s1. The van der Waals surface area contributed by atoms with Gasteiger partial charge in [-0.2, -0.15) is 11.8 Å². The van der Waals surface area contributed by atoms with Crippen molar-refractivity contribution in [1.82, 2.24) is 10.5 Å². The Morgan fingerprint density at radius 2 is 2.10 bits per heavy atom. The molecule has 5 heteroatoms. The van der Waals surface area contributed by atoms with Gasteiger partial charge in [-0.3, -0.25) is 0 Å². The fraction of sp³-hybridized carbons (Fsp3) is 0.400. The number of thioether (sulfide) groups is 1. The first-order valence-corrected chi connectivity index (χ1v) is 7.87. The first kappa shape index (κ1) is 15.1. The molecular weight excluding hydrogens is 275 g/mol. The van der Waals surface area contributed by atoms with Crippen LogP contribution in [0.25, 0.3) is 11.3 Å². The number of aromatic nitrogens is 1. The second-order valence-corrected chi connectivity index (χ2v) is 5.95. The van der Waals surface area contributed by atoms with Gasteiger partial charge in [-0.05, 0) is 36.9 Å². The van der Waals surface area contributed by atoms with Gasteiger partial charge in [0.05, 0.1) is 6.54 Å². The van der Waals surface area contributed by atoms with Crippen molar-refractivity contribution in [1.29, 1.82) is 0 Å². The highest BCUT2D eigenvalue weighted by atomic mass is 32.2. The molecule has 0 bridgehead atoms. The topological polar surface area (TPSA) is 38.1 Å². The molecule has 0 amide bonds. The van der Waals surface area contributed by atoms with E-state index in [9.17, 15) is 4.39 Å². The molecule has 1 heterocycles. The molecule has 2 rings (SSSR count). The van der Waals surface area contributed by atoms with Crippen molar-refractivity contribution < 1.29 is 8.91 Å². The minimum atomic E-state index is -0.249. The van der Waals surface area contributed by atoms with E-state index in [4.69, 9.17) is 4.52 Å². The molecule has 0 fully saturated rings. The van der Waals surface area contributed by atoms with Gasteiger partial charge in [-0.25, -0.2) is 4.39 Å². The van der Waals surface area contributed by atoms with Crippen LogP contribution in [0.2, 0.25) is 0 Å². The minimum Gasteiger partial charge on any atom is -0.359 e. The van der Waals surface area contributed by atoms with Crippen molar-refractivity contribution in [2.75, 3.05) is 11.5 Å². The average molecular weight is 294 g/mol. The van der Waals surface area contributed by atoms with Crippen molar-refractivity contribution in [3.63, 3.8) is 0 Å². The lowest BCUT2D eigenvalue weighted by Gasteiger charge is -2.10. The lowest BCUT2D eigenvalue weighted by molar-refractivity contribution is 0.369. The zero-order valence-corrected chi connectivity index (χ0v) is 12.5. The van der Waals surface area contributed by atoms with Gasteiger partial charge in [0.25, 0.3) is 0 Å². The fourth-order valence-electron chi connectivity index (χ4n) is 1.78. The molecule has 0 radical (unpaired) electrons. The van der Waals surface area contributed by atoms with Gasteiger partial charge in [0.15, 0.2) is 5.76 Å². The third-order valence-corrected chi connectivity index (χ3v) is 4.04. The zero-order chi connectivity index (χ0) is 14.4. The third kappa shape index (κ3) is 4.35. The Morgan fingerprint density at radius 3 is 2.80 bits per heavy atom. The smallest absolute Gasteiger partial charge is 0.151 e. The molecule has 2 aromatic rings. The Hall–Kier alpha value is -1.33. The minimum absolute atomic E-state index is 0.249. The molecule has 1 aromatic carbocycles. The number of hydrogen-bond donors (Lipinski definition) is 1. The van der Waals surface area contributed by atoms with Crippen LogP contribution in [0.15, 0.2) is 34.9 Å². The van der Waals surface area contributed by atoms with E-state index < -0.39 is 0 Å². The Bertz CT molecular complexity index is 527. The SMILES string of the molecule is CCSC[C@H](C)NCc1cc(-c2ccc(F)cc2)no1. The Labute approximate surface area is 122 Å². The highest BCUT2D eigenvalue weighted by Crippen LogP contribution is 2.19. The van der Waals surface area contributed by atoms with Crippen LogP contribution in [0.5, 0.6) is 0 Å². The van der Waals surface area contributed by atoms with Gasteiger partial charge >= 0.3 is 0 Å². The first-order valence-electron chi connectivity index (χ1n) is 6.71. The second-order valence-electron chi connectivity index (χ2n) is 4.63. The van der Waals surface area contributed by atoms with Crippen LogP contribution in [0, 0.1) is 5.82 Å². The van der Waals surface area contributed by atoms with E-state index in [0.717, 1.165) is 28.5 Å². The highest BCUT2D eigenvalue weighted by molar-refractivity contribution is 7.99. The molecule has 0 spiro atoms. The van der Waals surface area contributed by atoms with Crippen molar-refractivity contribution in [3.8, 4) is 11.3 Å². The molecular formula is C15H19FN2OS. The maximum Gasteiger partial charge on any atom is 0.151 e. The van der Waals surface area contributed by atoms with Crippen molar-refractivity contribution in [2.24, 2.45) is 0 Å². The van der Waals surface area contributed by atoms with Crippen LogP contribution in [-0.2, 0) is 6.54 Å². The van der Waals surface area contributed by atoms with Gasteiger partial charge in [0, 0.05) is 23.4 Å². The first-order chi connectivity index (χ1) is 9.69. The molecule has 108 valence electrons. The van der Waals surface area contributed by atoms with Crippen LogP contribution in [0.1, 0.15) is 19.6 Å². The number of nitrogens with zero attached hydrogens (tertiary/aromatic N) is 1. The molecule has 1 aromatic heterocycles. The summed E-state index contributed by atoms with van der Waals surface area (Å²) in [5.41, 5.74) is 1.59.